The van der Waals surface area contributed by atoms with Gasteiger partial charge in [-0.25, -0.2) is 0 Å². The fourth-order valence-electron chi connectivity index (χ4n) is 2.47. The second-order valence-corrected chi connectivity index (χ2v) is 5.30. The van der Waals surface area contributed by atoms with E-state index in [2.05, 4.69) is 5.32 Å². The van der Waals surface area contributed by atoms with Crippen LogP contribution in [0.4, 0.5) is 5.69 Å². The van der Waals surface area contributed by atoms with Crippen LogP contribution in [0.5, 0.6) is 0 Å². The molecule has 1 heterocycles. The van der Waals surface area contributed by atoms with Crippen molar-refractivity contribution in [2.24, 2.45) is 11.7 Å². The smallest absolute Gasteiger partial charge is 0.241 e. The number of ether oxygens (including phenoxy) is 2. The van der Waals surface area contributed by atoms with Crippen molar-refractivity contribution in [3.05, 3.63) is 29.8 Å². The average molecular weight is 292 g/mol. The van der Waals surface area contributed by atoms with Crippen molar-refractivity contribution < 1.29 is 14.3 Å². The lowest BCUT2D eigenvalue weighted by Gasteiger charge is -2.26. The molecule has 1 aliphatic rings. The maximum atomic E-state index is 12.2. The highest BCUT2D eigenvalue weighted by atomic mass is 16.5. The summed E-state index contributed by atoms with van der Waals surface area (Å²) in [6.45, 7) is 4.56. The maximum absolute atomic E-state index is 12.2. The number of hydrogen-bond donors (Lipinski definition) is 2. The molecule has 2 rings (SSSR count). The Bertz CT molecular complexity index is 459. The van der Waals surface area contributed by atoms with Crippen molar-refractivity contribution in [1.82, 2.24) is 0 Å². The first-order valence-corrected chi connectivity index (χ1v) is 7.51. The monoisotopic (exact) mass is 292 g/mol. The fraction of sp³-hybridized carbons (Fsp3) is 0.562. The van der Waals surface area contributed by atoms with Gasteiger partial charge in [0.2, 0.25) is 5.91 Å². The molecule has 1 aliphatic heterocycles. The summed E-state index contributed by atoms with van der Waals surface area (Å²) in [5.41, 5.74) is 7.87. The lowest BCUT2D eigenvalue weighted by molar-refractivity contribution is -0.119. The van der Waals surface area contributed by atoms with E-state index < -0.39 is 6.04 Å². The topological polar surface area (TPSA) is 73.6 Å². The van der Waals surface area contributed by atoms with E-state index in [0.29, 0.717) is 26.4 Å². The summed E-state index contributed by atoms with van der Waals surface area (Å²) in [6, 6.07) is 7.19. The Hall–Kier alpha value is -1.43. The normalized spacial score (nSPS) is 17.4. The lowest BCUT2D eigenvalue weighted by Crippen LogP contribution is -2.44. The molecular weight excluding hydrogens is 268 g/mol. The number of nitrogens with one attached hydrogen (secondary N) is 1. The van der Waals surface area contributed by atoms with Crippen LogP contribution in [-0.2, 0) is 20.9 Å². The highest BCUT2D eigenvalue weighted by Crippen LogP contribution is 2.19. The van der Waals surface area contributed by atoms with Gasteiger partial charge in [-0.3, -0.25) is 4.79 Å². The van der Waals surface area contributed by atoms with Gasteiger partial charge in [0, 0.05) is 25.5 Å². The minimum absolute atomic E-state index is 0.129. The van der Waals surface area contributed by atoms with E-state index in [1.54, 1.807) is 0 Å². The molecule has 1 amide bonds. The fourth-order valence-corrected chi connectivity index (χ4v) is 2.47. The molecule has 1 aromatic rings. The van der Waals surface area contributed by atoms with Crippen LogP contribution in [0.1, 0.15) is 25.3 Å². The average Bonchev–Trinajstić information content (AvgIpc) is 2.53. The van der Waals surface area contributed by atoms with Crippen molar-refractivity contribution in [2.45, 2.75) is 32.4 Å². The highest BCUT2D eigenvalue weighted by Gasteiger charge is 2.26. The summed E-state index contributed by atoms with van der Waals surface area (Å²) in [4.78, 5) is 12.2. The number of anilines is 1. The summed E-state index contributed by atoms with van der Waals surface area (Å²) in [5, 5.41) is 2.90. The van der Waals surface area contributed by atoms with E-state index in [-0.39, 0.29) is 11.8 Å². The van der Waals surface area contributed by atoms with E-state index in [4.69, 9.17) is 15.2 Å². The molecule has 1 fully saturated rings. The summed E-state index contributed by atoms with van der Waals surface area (Å²) >= 11 is 0. The number of amides is 1. The van der Waals surface area contributed by atoms with Crippen molar-refractivity contribution in [1.29, 1.82) is 0 Å². The second-order valence-electron chi connectivity index (χ2n) is 5.30. The minimum Gasteiger partial charge on any atom is -0.381 e. The molecule has 116 valence electrons. The number of carbonyl (C=O) groups is 1. The van der Waals surface area contributed by atoms with Gasteiger partial charge in [0.05, 0.1) is 12.6 Å². The van der Waals surface area contributed by atoms with Gasteiger partial charge in [-0.05, 0) is 43.4 Å². The molecule has 5 nitrogen and oxygen atoms in total. The third-order valence-electron chi connectivity index (χ3n) is 3.74. The zero-order valence-electron chi connectivity index (χ0n) is 12.5. The van der Waals surface area contributed by atoms with Crippen molar-refractivity contribution in [3.8, 4) is 0 Å². The van der Waals surface area contributed by atoms with Gasteiger partial charge < -0.3 is 20.5 Å². The van der Waals surface area contributed by atoms with Crippen molar-refractivity contribution in [2.75, 3.05) is 25.1 Å². The Kier molecular flexibility index (Phi) is 6.17. The molecule has 1 saturated heterocycles. The van der Waals surface area contributed by atoms with Crippen LogP contribution in [0.25, 0.3) is 0 Å². The molecule has 1 unspecified atom stereocenters. The highest BCUT2D eigenvalue weighted by molar-refractivity contribution is 5.94. The number of hydrogen-bond acceptors (Lipinski definition) is 4. The molecule has 0 aromatic heterocycles. The van der Waals surface area contributed by atoms with Crippen molar-refractivity contribution >= 4 is 11.6 Å². The zero-order valence-corrected chi connectivity index (χ0v) is 12.5. The molecule has 1 aromatic carbocycles. The summed E-state index contributed by atoms with van der Waals surface area (Å²) in [5.74, 6) is 0.0702. The Morgan fingerprint density at radius 1 is 1.48 bits per heavy atom. The number of carbonyl (C=O) groups excluding carboxylic acids is 1. The molecule has 0 saturated carbocycles. The summed E-state index contributed by atoms with van der Waals surface area (Å²) < 4.78 is 10.7. The second kappa shape index (κ2) is 8.12. The predicted molar refractivity (Wildman–Crippen MR) is 81.9 cm³/mol. The van der Waals surface area contributed by atoms with E-state index in [1.165, 1.54) is 0 Å². The summed E-state index contributed by atoms with van der Waals surface area (Å²) in [6.07, 6.45) is 1.69. The molecule has 0 radical (unpaired) electrons. The zero-order chi connectivity index (χ0) is 15.1. The third-order valence-corrected chi connectivity index (χ3v) is 3.74. The van der Waals surface area contributed by atoms with Crippen LogP contribution in [0.2, 0.25) is 0 Å². The van der Waals surface area contributed by atoms with Crippen LogP contribution < -0.4 is 11.1 Å². The predicted octanol–water partition coefficient (Wildman–Crippen LogP) is 1.92. The third kappa shape index (κ3) is 4.81. The standard InChI is InChI=1S/C16H24N2O3/c1-2-20-11-12-4-3-5-14(10-12)18-16(19)15(17)13-6-8-21-9-7-13/h3-5,10,13,15H,2,6-9,11,17H2,1H3,(H,18,19). The molecule has 1 atom stereocenters. The van der Waals surface area contributed by atoms with Crippen molar-refractivity contribution in [3.63, 3.8) is 0 Å². The first-order valence-electron chi connectivity index (χ1n) is 7.51. The Balaban J connectivity index is 1.91. The van der Waals surface area contributed by atoms with Crippen LogP contribution in [0.15, 0.2) is 24.3 Å². The summed E-state index contributed by atoms with van der Waals surface area (Å²) in [7, 11) is 0. The quantitative estimate of drug-likeness (QED) is 0.840. The number of nitrogens with two attached hydrogens (primary N) is 1. The maximum Gasteiger partial charge on any atom is 0.241 e. The number of rotatable bonds is 6. The van der Waals surface area contributed by atoms with E-state index in [0.717, 1.165) is 24.1 Å². The Labute approximate surface area is 125 Å². The van der Waals surface area contributed by atoms with Crippen LogP contribution >= 0.6 is 0 Å². The van der Waals surface area contributed by atoms with Gasteiger partial charge in [0.1, 0.15) is 0 Å². The molecule has 0 aliphatic carbocycles. The number of benzene rings is 1. The van der Waals surface area contributed by atoms with E-state index >= 15 is 0 Å². The van der Waals surface area contributed by atoms with Crippen LogP contribution in [0.3, 0.4) is 0 Å². The van der Waals surface area contributed by atoms with Gasteiger partial charge in [-0.15, -0.1) is 0 Å². The Morgan fingerprint density at radius 3 is 2.95 bits per heavy atom. The first kappa shape index (κ1) is 15.9. The van der Waals surface area contributed by atoms with Gasteiger partial charge in [0.25, 0.3) is 0 Å². The van der Waals surface area contributed by atoms with E-state index in [1.807, 2.05) is 31.2 Å². The van der Waals surface area contributed by atoms with Crippen LogP contribution in [0, 0.1) is 5.92 Å². The van der Waals surface area contributed by atoms with Gasteiger partial charge in [-0.2, -0.15) is 0 Å². The molecular formula is C16H24N2O3. The SMILES string of the molecule is CCOCc1cccc(NC(=O)C(N)C2CCOCC2)c1. The van der Waals surface area contributed by atoms with E-state index in [9.17, 15) is 4.79 Å². The Morgan fingerprint density at radius 2 is 2.24 bits per heavy atom. The molecule has 0 bridgehead atoms. The van der Waals surface area contributed by atoms with Gasteiger partial charge >= 0.3 is 0 Å². The molecule has 5 heteroatoms. The van der Waals surface area contributed by atoms with Crippen LogP contribution in [-0.4, -0.2) is 31.8 Å². The largest absolute Gasteiger partial charge is 0.381 e. The lowest BCUT2D eigenvalue weighted by atomic mass is 9.92. The minimum atomic E-state index is -0.482. The van der Waals surface area contributed by atoms with Gasteiger partial charge in [0.15, 0.2) is 0 Å². The molecule has 21 heavy (non-hydrogen) atoms. The molecule has 0 spiro atoms. The molecule has 3 N–H and O–H groups in total. The van der Waals surface area contributed by atoms with Gasteiger partial charge in [-0.1, -0.05) is 12.1 Å². The first-order chi connectivity index (χ1) is 10.2.